The van der Waals surface area contributed by atoms with Crippen molar-refractivity contribution in [1.29, 1.82) is 0 Å². The van der Waals surface area contributed by atoms with Gasteiger partial charge in [0.15, 0.2) is 0 Å². The molecule has 0 bridgehead atoms. The van der Waals surface area contributed by atoms with E-state index in [1.807, 2.05) is 0 Å². The molecule has 138 valence electrons. The molecule has 1 aliphatic rings. The zero-order valence-corrected chi connectivity index (χ0v) is 16.8. The topological polar surface area (TPSA) is 33.7 Å². The lowest BCUT2D eigenvalue weighted by atomic mass is 9.97. The van der Waals surface area contributed by atoms with Gasteiger partial charge in [0.1, 0.15) is 0 Å². The fourth-order valence-corrected chi connectivity index (χ4v) is 2.78. The lowest BCUT2D eigenvalue weighted by Gasteiger charge is -2.33. The van der Waals surface area contributed by atoms with Gasteiger partial charge in [-0.15, -0.1) is 0 Å². The highest BCUT2D eigenvalue weighted by Crippen LogP contribution is 2.18. The van der Waals surface area contributed by atoms with Gasteiger partial charge in [-0.3, -0.25) is 4.90 Å². The van der Waals surface area contributed by atoms with Crippen molar-refractivity contribution in [3.8, 4) is 0 Å². The SMILES string of the molecule is CC(C)(C)CNC[C@H]1CN(CCOCCCC(C)(C)S)CCO1. The molecule has 1 aliphatic heterocycles. The molecule has 0 aromatic rings. The summed E-state index contributed by atoms with van der Waals surface area (Å²) in [6, 6.07) is 0. The predicted octanol–water partition coefficient (Wildman–Crippen LogP) is 2.83. The minimum absolute atomic E-state index is 0.112. The Balaban J connectivity index is 2.06. The van der Waals surface area contributed by atoms with Crippen LogP contribution in [0.4, 0.5) is 0 Å². The number of rotatable bonds is 10. The highest BCUT2D eigenvalue weighted by atomic mass is 32.1. The lowest BCUT2D eigenvalue weighted by Crippen LogP contribution is -2.48. The summed E-state index contributed by atoms with van der Waals surface area (Å²) in [7, 11) is 0. The van der Waals surface area contributed by atoms with Gasteiger partial charge in [0.05, 0.1) is 19.3 Å². The Morgan fingerprint density at radius 2 is 1.96 bits per heavy atom. The summed E-state index contributed by atoms with van der Waals surface area (Å²) in [5.74, 6) is 0. The zero-order valence-electron chi connectivity index (χ0n) is 15.9. The third-order valence-electron chi connectivity index (χ3n) is 3.88. The molecule has 1 atom stereocenters. The Morgan fingerprint density at radius 3 is 2.61 bits per heavy atom. The minimum atomic E-state index is 0.112. The maximum absolute atomic E-state index is 5.85. The van der Waals surface area contributed by atoms with Gasteiger partial charge in [-0.2, -0.15) is 12.6 Å². The van der Waals surface area contributed by atoms with Crippen LogP contribution in [0.3, 0.4) is 0 Å². The number of nitrogens with one attached hydrogen (secondary N) is 1. The van der Waals surface area contributed by atoms with Crippen LogP contribution in [0.2, 0.25) is 0 Å². The smallest absolute Gasteiger partial charge is 0.0826 e. The molecule has 23 heavy (non-hydrogen) atoms. The summed E-state index contributed by atoms with van der Waals surface area (Å²) in [5.41, 5.74) is 0.323. The van der Waals surface area contributed by atoms with E-state index in [-0.39, 0.29) is 4.75 Å². The first-order valence-corrected chi connectivity index (χ1v) is 9.45. The van der Waals surface area contributed by atoms with Crippen molar-refractivity contribution in [1.82, 2.24) is 10.2 Å². The molecule has 1 rings (SSSR count). The van der Waals surface area contributed by atoms with E-state index >= 15 is 0 Å². The van der Waals surface area contributed by atoms with E-state index in [9.17, 15) is 0 Å². The second-order valence-electron chi connectivity index (χ2n) is 8.51. The van der Waals surface area contributed by atoms with Gasteiger partial charge in [-0.25, -0.2) is 0 Å². The van der Waals surface area contributed by atoms with Crippen LogP contribution in [0, 0.1) is 5.41 Å². The van der Waals surface area contributed by atoms with E-state index in [0.29, 0.717) is 11.5 Å². The highest BCUT2D eigenvalue weighted by Gasteiger charge is 2.20. The molecule has 0 spiro atoms. The van der Waals surface area contributed by atoms with E-state index in [1.165, 1.54) is 0 Å². The molecular weight excluding hydrogens is 308 g/mol. The van der Waals surface area contributed by atoms with Crippen molar-refractivity contribution >= 4 is 12.6 Å². The Labute approximate surface area is 149 Å². The van der Waals surface area contributed by atoms with E-state index in [2.05, 4.69) is 57.5 Å². The maximum Gasteiger partial charge on any atom is 0.0826 e. The van der Waals surface area contributed by atoms with Gasteiger partial charge < -0.3 is 14.8 Å². The molecule has 0 aliphatic carbocycles. The molecule has 0 amide bonds. The first-order valence-electron chi connectivity index (χ1n) is 9.00. The fraction of sp³-hybridized carbons (Fsp3) is 1.00. The molecule has 5 heteroatoms. The van der Waals surface area contributed by atoms with Gasteiger partial charge in [-0.1, -0.05) is 34.6 Å². The van der Waals surface area contributed by atoms with Gasteiger partial charge in [0.25, 0.3) is 0 Å². The molecule has 1 fully saturated rings. The Hall–Kier alpha value is 0.190. The molecule has 1 N–H and O–H groups in total. The van der Waals surface area contributed by atoms with Crippen LogP contribution in [0.25, 0.3) is 0 Å². The summed E-state index contributed by atoms with van der Waals surface area (Å²) >= 11 is 4.53. The molecule has 0 aromatic heterocycles. The molecule has 0 saturated carbocycles. The first-order chi connectivity index (χ1) is 10.7. The van der Waals surface area contributed by atoms with Crippen LogP contribution in [-0.4, -0.2) is 68.3 Å². The number of hydrogen-bond donors (Lipinski definition) is 2. The van der Waals surface area contributed by atoms with E-state index < -0.39 is 0 Å². The standard InChI is InChI=1S/C18H38N2O2S/c1-17(2,3)15-19-13-16-14-20(9-12-22-16)8-11-21-10-6-7-18(4,5)23/h16,19,23H,6-15H2,1-5H3/t16-/m0/s1. The molecule has 0 radical (unpaired) electrons. The number of morpholine rings is 1. The molecule has 0 aromatic carbocycles. The van der Waals surface area contributed by atoms with Crippen LogP contribution < -0.4 is 5.32 Å². The zero-order chi connectivity index (χ0) is 17.3. The van der Waals surface area contributed by atoms with Gasteiger partial charge in [0.2, 0.25) is 0 Å². The van der Waals surface area contributed by atoms with Crippen LogP contribution in [-0.2, 0) is 9.47 Å². The number of nitrogens with zero attached hydrogens (tertiary/aromatic N) is 1. The molecule has 1 saturated heterocycles. The number of thiol groups is 1. The van der Waals surface area contributed by atoms with E-state index in [1.54, 1.807) is 0 Å². The monoisotopic (exact) mass is 346 g/mol. The number of ether oxygens (including phenoxy) is 2. The number of hydrogen-bond acceptors (Lipinski definition) is 5. The van der Waals surface area contributed by atoms with Crippen molar-refractivity contribution in [2.45, 2.75) is 58.3 Å². The van der Waals surface area contributed by atoms with Crippen molar-refractivity contribution in [2.24, 2.45) is 5.41 Å². The van der Waals surface area contributed by atoms with Crippen LogP contribution in [0.5, 0.6) is 0 Å². The van der Waals surface area contributed by atoms with Crippen molar-refractivity contribution < 1.29 is 9.47 Å². The Kier molecular flexibility index (Phi) is 9.46. The van der Waals surface area contributed by atoms with Crippen molar-refractivity contribution in [3.05, 3.63) is 0 Å². The van der Waals surface area contributed by atoms with Crippen LogP contribution in [0.15, 0.2) is 0 Å². The third-order valence-corrected chi connectivity index (χ3v) is 4.10. The Morgan fingerprint density at radius 1 is 1.22 bits per heavy atom. The van der Waals surface area contributed by atoms with Gasteiger partial charge >= 0.3 is 0 Å². The summed E-state index contributed by atoms with van der Waals surface area (Å²) in [4.78, 5) is 2.45. The van der Waals surface area contributed by atoms with E-state index in [0.717, 1.165) is 65.4 Å². The van der Waals surface area contributed by atoms with Gasteiger partial charge in [-0.05, 0) is 18.3 Å². The largest absolute Gasteiger partial charge is 0.380 e. The maximum atomic E-state index is 5.85. The summed E-state index contributed by atoms with van der Waals surface area (Å²) in [6.45, 7) is 18.5. The lowest BCUT2D eigenvalue weighted by molar-refractivity contribution is -0.0355. The van der Waals surface area contributed by atoms with Gasteiger partial charge in [0, 0.05) is 44.1 Å². The second kappa shape index (κ2) is 10.2. The average molecular weight is 347 g/mol. The fourth-order valence-electron chi connectivity index (χ4n) is 2.62. The van der Waals surface area contributed by atoms with Crippen molar-refractivity contribution in [3.63, 3.8) is 0 Å². The molecule has 1 heterocycles. The highest BCUT2D eigenvalue weighted by molar-refractivity contribution is 7.81. The van der Waals surface area contributed by atoms with Crippen LogP contribution >= 0.6 is 12.6 Å². The summed E-state index contributed by atoms with van der Waals surface area (Å²) < 4.78 is 11.7. The normalized spacial score (nSPS) is 20.9. The molecule has 0 unspecified atom stereocenters. The first kappa shape index (κ1) is 21.2. The second-order valence-corrected chi connectivity index (χ2v) is 9.72. The molecular formula is C18H38N2O2S. The summed E-state index contributed by atoms with van der Waals surface area (Å²) in [6.07, 6.45) is 2.48. The third kappa shape index (κ3) is 12.2. The van der Waals surface area contributed by atoms with Crippen LogP contribution in [0.1, 0.15) is 47.5 Å². The average Bonchev–Trinajstić information content (AvgIpc) is 2.40. The van der Waals surface area contributed by atoms with E-state index in [4.69, 9.17) is 9.47 Å². The quantitative estimate of drug-likeness (QED) is 0.471. The van der Waals surface area contributed by atoms with Crippen molar-refractivity contribution in [2.75, 3.05) is 52.5 Å². The predicted molar refractivity (Wildman–Crippen MR) is 102 cm³/mol. The Bertz CT molecular complexity index is 313. The molecule has 4 nitrogen and oxygen atoms in total. The summed E-state index contributed by atoms with van der Waals surface area (Å²) in [5, 5.41) is 3.52. The minimum Gasteiger partial charge on any atom is -0.380 e.